The molecule has 5 heterocycles. The molecular weight excluding hydrogens is 636 g/mol. The number of rotatable bonds is 7. The number of aryl methyl sites for hydroxylation is 2. The Kier molecular flexibility index (Phi) is 8.87. The lowest BCUT2D eigenvalue weighted by atomic mass is 9.74. The number of aromatic nitrogens is 4. The number of hydrogen-bond acceptors (Lipinski definition) is 6. The van der Waals surface area contributed by atoms with Gasteiger partial charge < -0.3 is 19.8 Å². The van der Waals surface area contributed by atoms with Crippen LogP contribution in [0.2, 0.25) is 0 Å². The highest BCUT2D eigenvalue weighted by molar-refractivity contribution is 5.88. The van der Waals surface area contributed by atoms with Crippen molar-refractivity contribution in [2.24, 2.45) is 18.9 Å². The van der Waals surface area contributed by atoms with Crippen LogP contribution in [0, 0.1) is 11.8 Å². The lowest BCUT2D eigenvalue weighted by Gasteiger charge is -2.40. The monoisotopic (exact) mass is 683 g/mol. The summed E-state index contributed by atoms with van der Waals surface area (Å²) in [7, 11) is 3.97. The van der Waals surface area contributed by atoms with E-state index in [9.17, 15) is 18.7 Å². The van der Waals surface area contributed by atoms with Gasteiger partial charge in [-0.25, -0.2) is 13.6 Å². The van der Waals surface area contributed by atoms with Crippen LogP contribution in [0.5, 0.6) is 0 Å². The minimum atomic E-state index is -2.59. The molecule has 1 saturated carbocycles. The van der Waals surface area contributed by atoms with Crippen LogP contribution in [0.25, 0.3) is 11.1 Å². The summed E-state index contributed by atoms with van der Waals surface area (Å²) in [6.07, 6.45) is 10.6. The van der Waals surface area contributed by atoms with Crippen molar-refractivity contribution in [2.45, 2.75) is 76.8 Å². The second-order valence-corrected chi connectivity index (χ2v) is 15.0. The minimum Gasteiger partial charge on any atom is -0.478 e. The van der Waals surface area contributed by atoms with Crippen LogP contribution < -0.4 is 9.80 Å². The van der Waals surface area contributed by atoms with Crippen LogP contribution in [0.15, 0.2) is 48.8 Å². The highest BCUT2D eigenvalue weighted by Gasteiger charge is 2.36. The normalized spacial score (nSPS) is 21.8. The molecule has 4 aromatic rings. The van der Waals surface area contributed by atoms with Crippen LogP contribution >= 0.6 is 0 Å². The van der Waals surface area contributed by atoms with Gasteiger partial charge in [0, 0.05) is 86.1 Å². The lowest BCUT2D eigenvalue weighted by Crippen LogP contribution is -2.37. The third-order valence-electron chi connectivity index (χ3n) is 11.9. The van der Waals surface area contributed by atoms with Gasteiger partial charge in [-0.2, -0.15) is 10.2 Å². The SMILES string of the molecule is CN1CCc2c(c(N3CCCc4cc(-c5cnn(C)c5)c(C(F)F)cc43)nn2C2CCC(C3CCN(c4ccc(C(=O)O)cc4)CC3)CC2)C1. The topological polar surface area (TPSA) is 82.7 Å². The van der Waals surface area contributed by atoms with E-state index in [2.05, 4.69) is 31.5 Å². The Balaban J connectivity index is 1.00. The quantitative estimate of drug-likeness (QED) is 0.215. The molecule has 8 rings (SSSR count). The van der Waals surface area contributed by atoms with Gasteiger partial charge in [0.15, 0.2) is 5.82 Å². The van der Waals surface area contributed by atoms with E-state index in [1.54, 1.807) is 29.1 Å². The predicted octanol–water partition coefficient (Wildman–Crippen LogP) is 7.64. The molecule has 2 aromatic carbocycles. The molecule has 4 aliphatic rings. The van der Waals surface area contributed by atoms with Crippen molar-refractivity contribution in [1.29, 1.82) is 0 Å². The summed E-state index contributed by atoms with van der Waals surface area (Å²) in [5.41, 5.74) is 7.33. The number of piperidine rings is 1. The van der Waals surface area contributed by atoms with E-state index in [1.165, 1.54) is 36.9 Å². The van der Waals surface area contributed by atoms with E-state index in [4.69, 9.17) is 5.10 Å². The molecule has 0 atom stereocenters. The maximum Gasteiger partial charge on any atom is 0.335 e. The van der Waals surface area contributed by atoms with Gasteiger partial charge in [-0.15, -0.1) is 0 Å². The van der Waals surface area contributed by atoms with E-state index < -0.39 is 12.4 Å². The molecule has 2 fully saturated rings. The van der Waals surface area contributed by atoms with Crippen molar-refractivity contribution in [1.82, 2.24) is 24.5 Å². The predicted molar refractivity (Wildman–Crippen MR) is 191 cm³/mol. The summed E-state index contributed by atoms with van der Waals surface area (Å²) in [5, 5.41) is 18.9. The van der Waals surface area contributed by atoms with E-state index in [1.807, 2.05) is 31.4 Å². The van der Waals surface area contributed by atoms with Gasteiger partial charge in [0.2, 0.25) is 0 Å². The van der Waals surface area contributed by atoms with E-state index in [0.29, 0.717) is 23.1 Å². The van der Waals surface area contributed by atoms with E-state index in [0.717, 1.165) is 99.1 Å². The summed E-state index contributed by atoms with van der Waals surface area (Å²) in [6, 6.07) is 11.3. The standard InChI is InChI=1S/C39H47F2N7O2/c1-44-17-15-35-34(24-44)38(47-16-3-4-28-20-32(29-22-42-45(2)23-29)33(37(40)41)21-36(28)47)43-48(35)31-11-5-25(6-12-31)26-13-18-46(19-14-26)30-9-7-27(8-10-30)39(49)50/h7-10,20-23,25-26,31,37H,3-6,11-19,24H2,1-2H3,(H,49,50). The molecule has 1 saturated heterocycles. The summed E-state index contributed by atoms with van der Waals surface area (Å²) in [5.74, 6) is 1.50. The summed E-state index contributed by atoms with van der Waals surface area (Å²) < 4.78 is 33.2. The Morgan fingerprint density at radius 2 is 1.66 bits per heavy atom. The number of alkyl halides is 2. The number of carbonyl (C=O) groups is 1. The van der Waals surface area contributed by atoms with Crippen molar-refractivity contribution >= 4 is 23.2 Å². The Morgan fingerprint density at radius 1 is 0.920 bits per heavy atom. The number of carboxylic acids is 1. The fourth-order valence-corrected chi connectivity index (χ4v) is 9.20. The average Bonchev–Trinajstić information content (AvgIpc) is 3.74. The van der Waals surface area contributed by atoms with Crippen LogP contribution in [-0.4, -0.2) is 68.8 Å². The molecule has 0 radical (unpaired) electrons. The van der Waals surface area contributed by atoms with Crippen molar-refractivity contribution < 1.29 is 18.7 Å². The van der Waals surface area contributed by atoms with Crippen LogP contribution in [0.3, 0.4) is 0 Å². The van der Waals surface area contributed by atoms with E-state index in [-0.39, 0.29) is 5.56 Å². The zero-order valence-electron chi connectivity index (χ0n) is 29.1. The molecule has 9 nitrogen and oxygen atoms in total. The maximum atomic E-state index is 14.6. The molecule has 3 aliphatic heterocycles. The van der Waals surface area contributed by atoms with Gasteiger partial charge >= 0.3 is 5.97 Å². The number of nitrogens with zero attached hydrogens (tertiary/aromatic N) is 7. The summed E-state index contributed by atoms with van der Waals surface area (Å²) >= 11 is 0. The number of likely N-dealkylation sites (N-methyl/N-ethyl adjacent to an activating group) is 1. The fraction of sp³-hybridized carbons (Fsp3) is 0.513. The van der Waals surface area contributed by atoms with Gasteiger partial charge in [0.1, 0.15) is 0 Å². The molecule has 264 valence electrons. The second-order valence-electron chi connectivity index (χ2n) is 15.0. The summed E-state index contributed by atoms with van der Waals surface area (Å²) in [4.78, 5) is 18.2. The number of benzene rings is 2. The molecule has 1 N–H and O–H groups in total. The first kappa shape index (κ1) is 32.9. The maximum absolute atomic E-state index is 14.6. The molecule has 50 heavy (non-hydrogen) atoms. The molecule has 2 aromatic heterocycles. The van der Waals surface area contributed by atoms with Crippen LogP contribution in [0.1, 0.15) is 90.2 Å². The first-order chi connectivity index (χ1) is 24.2. The second kappa shape index (κ2) is 13.5. The first-order valence-electron chi connectivity index (χ1n) is 18.3. The lowest BCUT2D eigenvalue weighted by molar-refractivity contribution is 0.0697. The molecular formula is C39H47F2N7O2. The zero-order valence-corrected chi connectivity index (χ0v) is 29.1. The Labute approximate surface area is 292 Å². The molecule has 0 unspecified atom stereocenters. The minimum absolute atomic E-state index is 0.0503. The first-order valence-corrected chi connectivity index (χ1v) is 18.3. The third-order valence-corrected chi connectivity index (χ3v) is 11.9. The van der Waals surface area contributed by atoms with Crippen LogP contribution in [-0.2, 0) is 26.4 Å². The summed E-state index contributed by atoms with van der Waals surface area (Å²) in [6.45, 7) is 4.60. The van der Waals surface area contributed by atoms with E-state index >= 15 is 0 Å². The highest BCUT2D eigenvalue weighted by Crippen LogP contribution is 2.45. The molecule has 0 spiro atoms. The number of fused-ring (bicyclic) bond motifs is 2. The number of aromatic carboxylic acids is 1. The zero-order chi connectivity index (χ0) is 34.5. The molecule has 0 amide bonds. The van der Waals surface area contributed by atoms with Crippen molar-refractivity contribution in [3.8, 4) is 11.1 Å². The average molecular weight is 684 g/mol. The Morgan fingerprint density at radius 3 is 2.34 bits per heavy atom. The highest BCUT2D eigenvalue weighted by atomic mass is 19.3. The molecule has 0 bridgehead atoms. The molecule has 11 heteroatoms. The van der Waals surface area contributed by atoms with Gasteiger partial charge in [0.25, 0.3) is 6.43 Å². The van der Waals surface area contributed by atoms with Gasteiger partial charge in [0.05, 0.1) is 17.8 Å². The van der Waals surface area contributed by atoms with Crippen molar-refractivity contribution in [3.63, 3.8) is 0 Å². The van der Waals surface area contributed by atoms with Gasteiger partial charge in [-0.05, 0) is 118 Å². The molecule has 1 aliphatic carbocycles. The van der Waals surface area contributed by atoms with Crippen molar-refractivity contribution in [3.05, 3.63) is 76.7 Å². The van der Waals surface area contributed by atoms with Gasteiger partial charge in [-0.3, -0.25) is 9.36 Å². The number of hydrogen-bond donors (Lipinski definition) is 1. The largest absolute Gasteiger partial charge is 0.478 e. The third kappa shape index (κ3) is 6.18. The number of carboxylic acid groups (broad SMARTS) is 1. The smallest absolute Gasteiger partial charge is 0.335 e. The van der Waals surface area contributed by atoms with Crippen LogP contribution in [0.4, 0.5) is 26.0 Å². The number of halogens is 2. The van der Waals surface area contributed by atoms with Gasteiger partial charge in [-0.1, -0.05) is 0 Å². The Bertz CT molecular complexity index is 1850. The fourth-order valence-electron chi connectivity index (χ4n) is 9.20. The Hall–Kier alpha value is -4.25. The van der Waals surface area contributed by atoms with Crippen molar-refractivity contribution in [2.75, 3.05) is 43.0 Å². The number of anilines is 3.